The van der Waals surface area contributed by atoms with Crippen LogP contribution >= 0.6 is 0 Å². The fraction of sp³-hybridized carbons (Fsp3) is 0.222. The fourth-order valence-electron chi connectivity index (χ4n) is 3.14. The normalized spacial score (nSPS) is 14.5. The molecule has 0 bridgehead atoms. The highest BCUT2D eigenvalue weighted by atomic mass is 14.7. The molecule has 3 aromatic rings. The van der Waals surface area contributed by atoms with E-state index in [2.05, 4.69) is 53.5 Å². The summed E-state index contributed by atoms with van der Waals surface area (Å²) in [6.45, 7) is 0. The van der Waals surface area contributed by atoms with Gasteiger partial charge in [0.05, 0.1) is 0 Å². The summed E-state index contributed by atoms with van der Waals surface area (Å²) in [6, 6.07) is 17.6. The Morgan fingerprint density at radius 3 is 2.32 bits per heavy atom. The second-order valence-corrected chi connectivity index (χ2v) is 5.46. The maximum atomic E-state index is 3.56. The molecule has 1 N–H and O–H groups in total. The molecule has 4 rings (SSSR count). The standard InChI is InChI=1S/C18H17N/c1-2-6-13(7-3-1)17-12-16-10-14-8-4-5-9-15(14)11-18(16)19-17/h1-3,6-7,10-12,19H,4-5,8-9H2. The molecule has 0 atom stereocenters. The van der Waals surface area contributed by atoms with Gasteiger partial charge in [-0.1, -0.05) is 30.3 Å². The molecule has 1 heterocycles. The van der Waals surface area contributed by atoms with E-state index in [1.54, 1.807) is 11.1 Å². The van der Waals surface area contributed by atoms with Crippen molar-refractivity contribution in [2.75, 3.05) is 0 Å². The van der Waals surface area contributed by atoms with Crippen LogP contribution in [-0.2, 0) is 12.8 Å². The molecule has 1 heteroatoms. The van der Waals surface area contributed by atoms with Crippen molar-refractivity contribution in [3.05, 3.63) is 59.7 Å². The van der Waals surface area contributed by atoms with E-state index in [0.717, 1.165) is 0 Å². The number of benzene rings is 2. The number of hydrogen-bond donors (Lipinski definition) is 1. The van der Waals surface area contributed by atoms with E-state index >= 15 is 0 Å². The minimum atomic E-state index is 1.22. The van der Waals surface area contributed by atoms with Crippen molar-refractivity contribution in [1.82, 2.24) is 4.98 Å². The SMILES string of the molecule is c1ccc(-c2cc3cc4c(cc3[nH]2)CCCC4)cc1. The average Bonchev–Trinajstić information content (AvgIpc) is 2.88. The first-order valence-corrected chi connectivity index (χ1v) is 7.10. The summed E-state index contributed by atoms with van der Waals surface area (Å²) in [7, 11) is 0. The molecule has 0 amide bonds. The van der Waals surface area contributed by atoms with Gasteiger partial charge < -0.3 is 4.98 Å². The lowest BCUT2D eigenvalue weighted by Crippen LogP contribution is -2.01. The Morgan fingerprint density at radius 1 is 0.789 bits per heavy atom. The van der Waals surface area contributed by atoms with Crippen LogP contribution in [-0.4, -0.2) is 4.98 Å². The van der Waals surface area contributed by atoms with Gasteiger partial charge in [-0.3, -0.25) is 0 Å². The van der Waals surface area contributed by atoms with E-state index in [1.807, 2.05) is 0 Å². The summed E-state index contributed by atoms with van der Waals surface area (Å²) in [5.74, 6) is 0. The minimum Gasteiger partial charge on any atom is -0.355 e. The molecule has 0 radical (unpaired) electrons. The van der Waals surface area contributed by atoms with Gasteiger partial charge in [0.2, 0.25) is 0 Å². The molecule has 0 saturated heterocycles. The van der Waals surface area contributed by atoms with Crippen LogP contribution in [0.3, 0.4) is 0 Å². The third-order valence-corrected chi connectivity index (χ3v) is 4.17. The number of nitrogens with one attached hydrogen (secondary N) is 1. The Kier molecular flexibility index (Phi) is 2.44. The zero-order chi connectivity index (χ0) is 12.7. The molecule has 0 fully saturated rings. The van der Waals surface area contributed by atoms with Crippen molar-refractivity contribution in [2.24, 2.45) is 0 Å². The molecular weight excluding hydrogens is 230 g/mol. The molecule has 19 heavy (non-hydrogen) atoms. The minimum absolute atomic E-state index is 1.22. The van der Waals surface area contributed by atoms with Crippen LogP contribution in [0.15, 0.2) is 48.5 Å². The van der Waals surface area contributed by atoms with Gasteiger partial charge in [-0.05, 0) is 60.6 Å². The van der Waals surface area contributed by atoms with Crippen LogP contribution in [0.1, 0.15) is 24.0 Å². The molecule has 1 aliphatic carbocycles. The summed E-state index contributed by atoms with van der Waals surface area (Å²) >= 11 is 0. The third kappa shape index (κ3) is 1.86. The van der Waals surface area contributed by atoms with Gasteiger partial charge in [0.1, 0.15) is 0 Å². The monoisotopic (exact) mass is 247 g/mol. The zero-order valence-corrected chi connectivity index (χ0v) is 10.9. The Hall–Kier alpha value is -2.02. The van der Waals surface area contributed by atoms with Crippen molar-refractivity contribution in [3.8, 4) is 11.3 Å². The van der Waals surface area contributed by atoms with E-state index in [4.69, 9.17) is 0 Å². The number of hydrogen-bond acceptors (Lipinski definition) is 0. The van der Waals surface area contributed by atoms with Gasteiger partial charge in [-0.25, -0.2) is 0 Å². The summed E-state index contributed by atoms with van der Waals surface area (Å²) in [6.07, 6.45) is 5.17. The first-order chi connectivity index (χ1) is 9.40. The molecule has 1 aromatic heterocycles. The Balaban J connectivity index is 1.87. The van der Waals surface area contributed by atoms with Crippen LogP contribution in [0, 0.1) is 0 Å². The average molecular weight is 247 g/mol. The van der Waals surface area contributed by atoms with Crippen molar-refractivity contribution >= 4 is 10.9 Å². The van der Waals surface area contributed by atoms with E-state index in [0.29, 0.717) is 0 Å². The first kappa shape index (κ1) is 10.9. The second kappa shape index (κ2) is 4.27. The van der Waals surface area contributed by atoms with Crippen LogP contribution in [0.5, 0.6) is 0 Å². The highest BCUT2D eigenvalue weighted by Crippen LogP contribution is 2.29. The smallest absolute Gasteiger partial charge is 0.0464 e. The van der Waals surface area contributed by atoms with E-state index in [9.17, 15) is 0 Å². The van der Waals surface area contributed by atoms with Gasteiger partial charge in [0.15, 0.2) is 0 Å². The highest BCUT2D eigenvalue weighted by Gasteiger charge is 2.12. The predicted octanol–water partition coefficient (Wildman–Crippen LogP) is 4.71. The van der Waals surface area contributed by atoms with Crippen LogP contribution in [0.25, 0.3) is 22.2 Å². The van der Waals surface area contributed by atoms with E-state index in [-0.39, 0.29) is 0 Å². The number of aromatic amines is 1. The predicted molar refractivity (Wildman–Crippen MR) is 80.4 cm³/mol. The topological polar surface area (TPSA) is 15.8 Å². The Labute approximate surface area is 113 Å². The highest BCUT2D eigenvalue weighted by molar-refractivity contribution is 5.87. The molecular formula is C18H17N. The van der Waals surface area contributed by atoms with E-state index < -0.39 is 0 Å². The summed E-state index contributed by atoms with van der Waals surface area (Å²) < 4.78 is 0. The lowest BCUT2D eigenvalue weighted by atomic mass is 9.91. The molecule has 1 aliphatic rings. The van der Waals surface area contributed by atoms with Crippen LogP contribution in [0.2, 0.25) is 0 Å². The summed E-state index contributed by atoms with van der Waals surface area (Å²) in [4.78, 5) is 3.56. The van der Waals surface area contributed by atoms with Gasteiger partial charge in [-0.2, -0.15) is 0 Å². The lowest BCUT2D eigenvalue weighted by molar-refractivity contribution is 0.687. The number of aryl methyl sites for hydroxylation is 2. The van der Waals surface area contributed by atoms with Gasteiger partial charge in [0, 0.05) is 16.6 Å². The van der Waals surface area contributed by atoms with Crippen molar-refractivity contribution in [2.45, 2.75) is 25.7 Å². The Morgan fingerprint density at radius 2 is 1.53 bits per heavy atom. The summed E-state index contributed by atoms with van der Waals surface area (Å²) in [5, 5.41) is 1.35. The van der Waals surface area contributed by atoms with Crippen LogP contribution in [0.4, 0.5) is 0 Å². The van der Waals surface area contributed by atoms with Crippen molar-refractivity contribution in [1.29, 1.82) is 0 Å². The molecule has 0 unspecified atom stereocenters. The second-order valence-electron chi connectivity index (χ2n) is 5.46. The maximum absolute atomic E-state index is 3.56. The van der Waals surface area contributed by atoms with Gasteiger partial charge >= 0.3 is 0 Å². The lowest BCUT2D eigenvalue weighted by Gasteiger charge is -2.15. The first-order valence-electron chi connectivity index (χ1n) is 7.10. The molecule has 0 spiro atoms. The molecule has 94 valence electrons. The number of aromatic nitrogens is 1. The number of fused-ring (bicyclic) bond motifs is 2. The van der Waals surface area contributed by atoms with Crippen molar-refractivity contribution < 1.29 is 0 Å². The summed E-state index contributed by atoms with van der Waals surface area (Å²) in [5.41, 5.74) is 6.85. The zero-order valence-electron chi connectivity index (χ0n) is 10.9. The third-order valence-electron chi connectivity index (χ3n) is 4.17. The largest absolute Gasteiger partial charge is 0.355 e. The number of rotatable bonds is 1. The maximum Gasteiger partial charge on any atom is 0.0464 e. The van der Waals surface area contributed by atoms with Crippen LogP contribution < -0.4 is 0 Å². The quantitative estimate of drug-likeness (QED) is 0.640. The molecule has 2 aromatic carbocycles. The number of H-pyrrole nitrogens is 1. The molecule has 0 aliphatic heterocycles. The van der Waals surface area contributed by atoms with E-state index in [1.165, 1.54) is 47.8 Å². The van der Waals surface area contributed by atoms with Gasteiger partial charge in [-0.15, -0.1) is 0 Å². The van der Waals surface area contributed by atoms with Gasteiger partial charge in [0.25, 0.3) is 0 Å². The Bertz CT molecular complexity index is 679. The van der Waals surface area contributed by atoms with Crippen molar-refractivity contribution in [3.63, 3.8) is 0 Å². The fourth-order valence-corrected chi connectivity index (χ4v) is 3.14. The molecule has 1 nitrogen and oxygen atoms in total. The molecule has 0 saturated carbocycles.